The Bertz CT molecular complexity index is 455. The van der Waals surface area contributed by atoms with Crippen LogP contribution < -0.4 is 4.74 Å². The minimum atomic E-state index is -0.295. The molecule has 1 aromatic carbocycles. The number of fused-ring (bicyclic) bond motifs is 1. The lowest BCUT2D eigenvalue weighted by atomic mass is 9.83. The fourth-order valence-corrected chi connectivity index (χ4v) is 3.79. The zero-order valence-corrected chi connectivity index (χ0v) is 12.5. The molecule has 2 nitrogen and oxygen atoms in total. The van der Waals surface area contributed by atoms with E-state index in [0.717, 1.165) is 30.9 Å². The van der Waals surface area contributed by atoms with Gasteiger partial charge < -0.3 is 9.84 Å². The number of hydrogen-bond acceptors (Lipinski definition) is 2. The first kappa shape index (κ1) is 13.9. The lowest BCUT2D eigenvalue weighted by Crippen LogP contribution is -2.38. The normalized spacial score (nSPS) is 29.2. The molecule has 0 aliphatic heterocycles. The fourth-order valence-electron chi connectivity index (χ4n) is 3.79. The number of rotatable bonds is 4. The number of aliphatic hydroxyl groups excluding tert-OH is 1. The van der Waals surface area contributed by atoms with Gasteiger partial charge in [-0.3, -0.25) is 0 Å². The first-order valence-corrected chi connectivity index (χ1v) is 8.22. The molecule has 3 rings (SSSR count). The van der Waals surface area contributed by atoms with Crippen LogP contribution in [-0.2, 0) is 12.8 Å². The van der Waals surface area contributed by atoms with Crippen molar-refractivity contribution in [3.63, 3.8) is 0 Å². The molecule has 0 spiro atoms. The van der Waals surface area contributed by atoms with E-state index in [1.807, 2.05) is 0 Å². The van der Waals surface area contributed by atoms with Gasteiger partial charge in [-0.15, -0.1) is 0 Å². The van der Waals surface area contributed by atoms with Crippen molar-refractivity contribution in [3.05, 3.63) is 29.3 Å². The molecule has 110 valence electrons. The Hall–Kier alpha value is -1.02. The van der Waals surface area contributed by atoms with Gasteiger partial charge in [0.05, 0.1) is 6.10 Å². The summed E-state index contributed by atoms with van der Waals surface area (Å²) in [7, 11) is 0. The Balaban J connectivity index is 1.66. The standard InChI is InChI=1S/C18H26O2/c1-2-4-13-7-10-17(19)18(11-13)20-16-9-8-14-5-3-6-15(14)12-16/h8-9,12-13,17-19H,2-7,10-11H2,1H3. The average Bonchev–Trinajstić information content (AvgIpc) is 2.90. The van der Waals surface area contributed by atoms with Gasteiger partial charge in [0.25, 0.3) is 0 Å². The van der Waals surface area contributed by atoms with Crippen LogP contribution >= 0.6 is 0 Å². The van der Waals surface area contributed by atoms with Gasteiger partial charge in [-0.2, -0.15) is 0 Å². The Kier molecular flexibility index (Phi) is 4.30. The summed E-state index contributed by atoms with van der Waals surface area (Å²) in [5, 5.41) is 10.2. The molecule has 20 heavy (non-hydrogen) atoms. The van der Waals surface area contributed by atoms with E-state index in [-0.39, 0.29) is 12.2 Å². The van der Waals surface area contributed by atoms with Crippen molar-refractivity contribution in [2.45, 2.75) is 70.5 Å². The molecule has 0 saturated heterocycles. The van der Waals surface area contributed by atoms with Gasteiger partial charge in [0, 0.05) is 0 Å². The molecule has 3 unspecified atom stereocenters. The van der Waals surface area contributed by atoms with E-state index in [9.17, 15) is 5.11 Å². The topological polar surface area (TPSA) is 29.5 Å². The number of hydrogen-bond donors (Lipinski definition) is 1. The van der Waals surface area contributed by atoms with Crippen LogP contribution in [0.5, 0.6) is 5.75 Å². The van der Waals surface area contributed by atoms with E-state index in [2.05, 4.69) is 25.1 Å². The summed E-state index contributed by atoms with van der Waals surface area (Å²) in [5.74, 6) is 1.68. The third kappa shape index (κ3) is 3.01. The van der Waals surface area contributed by atoms with Gasteiger partial charge in [0.2, 0.25) is 0 Å². The van der Waals surface area contributed by atoms with Crippen molar-refractivity contribution >= 4 is 0 Å². The molecule has 3 atom stereocenters. The number of aryl methyl sites for hydroxylation is 2. The van der Waals surface area contributed by atoms with Crippen LogP contribution in [0.25, 0.3) is 0 Å². The molecule has 0 heterocycles. The zero-order valence-electron chi connectivity index (χ0n) is 12.5. The van der Waals surface area contributed by atoms with E-state index in [4.69, 9.17) is 4.74 Å². The van der Waals surface area contributed by atoms with Crippen LogP contribution in [0, 0.1) is 5.92 Å². The van der Waals surface area contributed by atoms with Gasteiger partial charge in [-0.05, 0) is 67.7 Å². The lowest BCUT2D eigenvalue weighted by Gasteiger charge is -2.33. The maximum atomic E-state index is 10.2. The van der Waals surface area contributed by atoms with Crippen LogP contribution in [0.1, 0.15) is 56.6 Å². The van der Waals surface area contributed by atoms with Crippen LogP contribution in [-0.4, -0.2) is 17.3 Å². The molecule has 2 aliphatic carbocycles. The Morgan fingerprint density at radius 3 is 2.90 bits per heavy atom. The predicted octanol–water partition coefficient (Wildman–Crippen LogP) is 3.88. The van der Waals surface area contributed by atoms with Crippen molar-refractivity contribution < 1.29 is 9.84 Å². The minimum absolute atomic E-state index is 0.0141. The fraction of sp³-hybridized carbons (Fsp3) is 0.667. The van der Waals surface area contributed by atoms with Gasteiger partial charge in [0.15, 0.2) is 0 Å². The third-order valence-corrected chi connectivity index (χ3v) is 4.92. The van der Waals surface area contributed by atoms with Crippen molar-refractivity contribution in [2.24, 2.45) is 5.92 Å². The predicted molar refractivity (Wildman–Crippen MR) is 81.1 cm³/mol. The molecule has 0 radical (unpaired) electrons. The van der Waals surface area contributed by atoms with E-state index in [1.165, 1.54) is 43.2 Å². The molecular formula is C18H26O2. The molecule has 2 aliphatic rings. The summed E-state index contributed by atoms with van der Waals surface area (Å²) in [5.41, 5.74) is 2.92. The lowest BCUT2D eigenvalue weighted by molar-refractivity contribution is -0.0117. The molecule has 2 heteroatoms. The quantitative estimate of drug-likeness (QED) is 0.902. The highest BCUT2D eigenvalue weighted by molar-refractivity contribution is 5.38. The second kappa shape index (κ2) is 6.17. The molecular weight excluding hydrogens is 248 g/mol. The SMILES string of the molecule is CCCC1CCC(O)C(Oc2ccc3c(c2)CCC3)C1. The molecule has 1 saturated carbocycles. The molecule has 0 aromatic heterocycles. The summed E-state index contributed by atoms with van der Waals surface area (Å²) in [6.45, 7) is 2.24. The number of benzene rings is 1. The van der Waals surface area contributed by atoms with Crippen LogP contribution in [0.15, 0.2) is 18.2 Å². The number of aliphatic hydroxyl groups is 1. The Morgan fingerprint density at radius 2 is 2.05 bits per heavy atom. The minimum Gasteiger partial charge on any atom is -0.488 e. The smallest absolute Gasteiger partial charge is 0.125 e. The summed E-state index contributed by atoms with van der Waals surface area (Å²) >= 11 is 0. The first-order valence-electron chi connectivity index (χ1n) is 8.22. The van der Waals surface area contributed by atoms with Crippen LogP contribution in [0.3, 0.4) is 0 Å². The maximum absolute atomic E-state index is 10.2. The molecule has 0 amide bonds. The summed E-state index contributed by atoms with van der Waals surface area (Å²) in [6, 6.07) is 6.48. The van der Waals surface area contributed by atoms with Crippen molar-refractivity contribution in [1.29, 1.82) is 0 Å². The maximum Gasteiger partial charge on any atom is 0.125 e. The zero-order chi connectivity index (χ0) is 13.9. The molecule has 0 bridgehead atoms. The van der Waals surface area contributed by atoms with E-state index >= 15 is 0 Å². The largest absolute Gasteiger partial charge is 0.488 e. The second-order valence-electron chi connectivity index (χ2n) is 6.48. The molecule has 1 aromatic rings. The Labute approximate surface area is 122 Å². The monoisotopic (exact) mass is 274 g/mol. The highest BCUT2D eigenvalue weighted by Crippen LogP contribution is 2.32. The second-order valence-corrected chi connectivity index (χ2v) is 6.48. The summed E-state index contributed by atoms with van der Waals surface area (Å²) in [6.07, 6.45) is 8.88. The first-order chi connectivity index (χ1) is 9.76. The highest BCUT2D eigenvalue weighted by atomic mass is 16.5. The summed E-state index contributed by atoms with van der Waals surface area (Å²) in [4.78, 5) is 0. The van der Waals surface area contributed by atoms with Crippen molar-refractivity contribution in [3.8, 4) is 5.75 Å². The number of ether oxygens (including phenoxy) is 1. The van der Waals surface area contributed by atoms with E-state index in [0.29, 0.717) is 0 Å². The van der Waals surface area contributed by atoms with Gasteiger partial charge >= 0.3 is 0 Å². The van der Waals surface area contributed by atoms with Gasteiger partial charge in [-0.1, -0.05) is 25.8 Å². The highest BCUT2D eigenvalue weighted by Gasteiger charge is 2.30. The molecule has 1 fully saturated rings. The van der Waals surface area contributed by atoms with E-state index in [1.54, 1.807) is 0 Å². The van der Waals surface area contributed by atoms with Gasteiger partial charge in [-0.25, -0.2) is 0 Å². The summed E-state index contributed by atoms with van der Waals surface area (Å²) < 4.78 is 6.12. The van der Waals surface area contributed by atoms with Crippen molar-refractivity contribution in [2.75, 3.05) is 0 Å². The van der Waals surface area contributed by atoms with E-state index < -0.39 is 0 Å². The average molecular weight is 274 g/mol. The van der Waals surface area contributed by atoms with Gasteiger partial charge in [0.1, 0.15) is 11.9 Å². The van der Waals surface area contributed by atoms with Crippen LogP contribution in [0.2, 0.25) is 0 Å². The van der Waals surface area contributed by atoms with Crippen LogP contribution in [0.4, 0.5) is 0 Å². The molecule has 1 N–H and O–H groups in total. The van der Waals surface area contributed by atoms with Crippen molar-refractivity contribution in [1.82, 2.24) is 0 Å². The Morgan fingerprint density at radius 1 is 1.20 bits per heavy atom. The third-order valence-electron chi connectivity index (χ3n) is 4.92.